The molecule has 2 heteroatoms. The van der Waals surface area contributed by atoms with E-state index in [0.29, 0.717) is 13.2 Å². The molecule has 0 unspecified atom stereocenters. The molecular formula is C11H13IO. The first-order chi connectivity index (χ1) is 6.43. The second-order valence-electron chi connectivity index (χ2n) is 2.63. The van der Waals surface area contributed by atoms with E-state index in [1.54, 1.807) is 0 Å². The van der Waals surface area contributed by atoms with Crippen molar-refractivity contribution in [3.8, 4) is 0 Å². The predicted molar refractivity (Wildman–Crippen MR) is 64.1 cm³/mol. The first kappa shape index (κ1) is 10.7. The van der Waals surface area contributed by atoms with Crippen LogP contribution in [0.25, 0.3) is 0 Å². The van der Waals surface area contributed by atoms with Crippen molar-refractivity contribution in [2.24, 2.45) is 0 Å². The summed E-state index contributed by atoms with van der Waals surface area (Å²) < 4.78 is 6.48. The fourth-order valence-corrected chi connectivity index (χ4v) is 1.31. The van der Waals surface area contributed by atoms with E-state index in [1.165, 1.54) is 5.56 Å². The highest BCUT2D eigenvalue weighted by molar-refractivity contribution is 14.1. The SMILES string of the molecule is IC/C=C/COCc1ccccc1. The minimum Gasteiger partial charge on any atom is -0.373 e. The molecule has 0 bridgehead atoms. The van der Waals surface area contributed by atoms with Gasteiger partial charge in [-0.3, -0.25) is 0 Å². The van der Waals surface area contributed by atoms with Crippen LogP contribution in [0.1, 0.15) is 5.56 Å². The first-order valence-corrected chi connectivity index (χ1v) is 5.78. The number of benzene rings is 1. The highest BCUT2D eigenvalue weighted by Crippen LogP contribution is 2.00. The number of ether oxygens (including phenoxy) is 1. The van der Waals surface area contributed by atoms with Gasteiger partial charge in [0.05, 0.1) is 13.2 Å². The summed E-state index contributed by atoms with van der Waals surface area (Å²) in [5, 5.41) is 0. The van der Waals surface area contributed by atoms with Crippen LogP contribution in [0.5, 0.6) is 0 Å². The largest absolute Gasteiger partial charge is 0.373 e. The van der Waals surface area contributed by atoms with Gasteiger partial charge in [0.2, 0.25) is 0 Å². The van der Waals surface area contributed by atoms with E-state index >= 15 is 0 Å². The quantitative estimate of drug-likeness (QED) is 0.350. The lowest BCUT2D eigenvalue weighted by atomic mass is 10.2. The molecule has 0 aliphatic carbocycles. The maximum Gasteiger partial charge on any atom is 0.0721 e. The lowest BCUT2D eigenvalue weighted by molar-refractivity contribution is 0.148. The third-order valence-corrected chi connectivity index (χ3v) is 2.09. The Hall–Kier alpha value is -0.350. The van der Waals surface area contributed by atoms with E-state index in [9.17, 15) is 0 Å². The zero-order chi connectivity index (χ0) is 9.36. The summed E-state index contributed by atoms with van der Waals surface area (Å²) >= 11 is 2.31. The van der Waals surface area contributed by atoms with Crippen molar-refractivity contribution in [3.63, 3.8) is 0 Å². The molecule has 0 amide bonds. The lowest BCUT2D eigenvalue weighted by Crippen LogP contribution is -1.91. The van der Waals surface area contributed by atoms with Gasteiger partial charge >= 0.3 is 0 Å². The molecular weight excluding hydrogens is 275 g/mol. The molecule has 0 radical (unpaired) electrons. The monoisotopic (exact) mass is 288 g/mol. The fourth-order valence-electron chi connectivity index (χ4n) is 0.950. The molecule has 0 aliphatic rings. The van der Waals surface area contributed by atoms with Crippen LogP contribution >= 0.6 is 22.6 Å². The molecule has 0 N–H and O–H groups in total. The van der Waals surface area contributed by atoms with E-state index in [1.807, 2.05) is 18.2 Å². The molecule has 0 heterocycles. The van der Waals surface area contributed by atoms with Crippen LogP contribution < -0.4 is 0 Å². The Bertz CT molecular complexity index is 244. The molecule has 1 rings (SSSR count). The summed E-state index contributed by atoms with van der Waals surface area (Å²) in [6.07, 6.45) is 4.15. The zero-order valence-electron chi connectivity index (χ0n) is 7.45. The van der Waals surface area contributed by atoms with Crippen LogP contribution in [-0.4, -0.2) is 11.0 Å². The summed E-state index contributed by atoms with van der Waals surface area (Å²) in [6, 6.07) is 10.2. The van der Waals surface area contributed by atoms with Gasteiger partial charge in [-0.25, -0.2) is 0 Å². The minimum absolute atomic E-state index is 0.701. The van der Waals surface area contributed by atoms with Crippen molar-refractivity contribution < 1.29 is 4.74 Å². The minimum atomic E-state index is 0.701. The summed E-state index contributed by atoms with van der Waals surface area (Å²) in [5.74, 6) is 0. The molecule has 1 aromatic rings. The maximum absolute atomic E-state index is 5.43. The van der Waals surface area contributed by atoms with Gasteiger partial charge in [-0.2, -0.15) is 0 Å². The molecule has 0 aliphatic heterocycles. The number of hydrogen-bond donors (Lipinski definition) is 0. The van der Waals surface area contributed by atoms with Crippen molar-refractivity contribution in [2.75, 3.05) is 11.0 Å². The van der Waals surface area contributed by atoms with Gasteiger partial charge in [0.15, 0.2) is 0 Å². The van der Waals surface area contributed by atoms with Crippen molar-refractivity contribution in [1.82, 2.24) is 0 Å². The van der Waals surface area contributed by atoms with Crippen LogP contribution in [0.4, 0.5) is 0 Å². The van der Waals surface area contributed by atoms with Crippen LogP contribution in [0.3, 0.4) is 0 Å². The van der Waals surface area contributed by atoms with E-state index < -0.39 is 0 Å². The van der Waals surface area contributed by atoms with E-state index in [0.717, 1.165) is 4.43 Å². The third-order valence-electron chi connectivity index (χ3n) is 1.58. The Balaban J connectivity index is 2.17. The summed E-state index contributed by atoms with van der Waals surface area (Å²) in [6.45, 7) is 1.41. The Labute approximate surface area is 92.9 Å². The molecule has 1 nitrogen and oxygen atoms in total. The molecule has 70 valence electrons. The van der Waals surface area contributed by atoms with Gasteiger partial charge in [-0.1, -0.05) is 65.1 Å². The number of alkyl halides is 1. The third kappa shape index (κ3) is 5.05. The van der Waals surface area contributed by atoms with Gasteiger partial charge in [0.1, 0.15) is 0 Å². The molecule has 0 atom stereocenters. The Morgan fingerprint density at radius 2 is 1.92 bits per heavy atom. The van der Waals surface area contributed by atoms with Gasteiger partial charge in [0, 0.05) is 4.43 Å². The maximum atomic E-state index is 5.43. The van der Waals surface area contributed by atoms with Gasteiger partial charge in [-0.05, 0) is 5.56 Å². The van der Waals surface area contributed by atoms with E-state index in [4.69, 9.17) is 4.74 Å². The van der Waals surface area contributed by atoms with Crippen molar-refractivity contribution >= 4 is 22.6 Å². The number of rotatable bonds is 5. The Morgan fingerprint density at radius 1 is 1.15 bits per heavy atom. The summed E-state index contributed by atoms with van der Waals surface area (Å²) in [4.78, 5) is 0. The average Bonchev–Trinajstić information content (AvgIpc) is 2.19. The Kier molecular flexibility index (Phi) is 5.85. The number of allylic oxidation sites excluding steroid dienone is 1. The molecule has 0 fully saturated rings. The lowest BCUT2D eigenvalue weighted by Gasteiger charge is -2.00. The number of halogens is 1. The van der Waals surface area contributed by atoms with Gasteiger partial charge in [-0.15, -0.1) is 0 Å². The average molecular weight is 288 g/mol. The Morgan fingerprint density at radius 3 is 2.62 bits per heavy atom. The van der Waals surface area contributed by atoms with Crippen LogP contribution in [0.15, 0.2) is 42.5 Å². The summed E-state index contributed by atoms with van der Waals surface area (Å²) in [7, 11) is 0. The molecule has 0 aromatic heterocycles. The first-order valence-electron chi connectivity index (χ1n) is 4.26. The van der Waals surface area contributed by atoms with Crippen molar-refractivity contribution in [3.05, 3.63) is 48.0 Å². The van der Waals surface area contributed by atoms with Crippen LogP contribution in [0, 0.1) is 0 Å². The van der Waals surface area contributed by atoms with Crippen molar-refractivity contribution in [2.45, 2.75) is 6.61 Å². The zero-order valence-corrected chi connectivity index (χ0v) is 9.61. The van der Waals surface area contributed by atoms with Crippen molar-refractivity contribution in [1.29, 1.82) is 0 Å². The van der Waals surface area contributed by atoms with E-state index in [2.05, 4.69) is 46.9 Å². The standard InChI is InChI=1S/C11H13IO/c12-8-4-5-9-13-10-11-6-2-1-3-7-11/h1-7H,8-10H2/b5-4+. The molecule has 13 heavy (non-hydrogen) atoms. The smallest absolute Gasteiger partial charge is 0.0721 e. The second kappa shape index (κ2) is 7.09. The fraction of sp³-hybridized carbons (Fsp3) is 0.273. The highest BCUT2D eigenvalue weighted by atomic mass is 127. The molecule has 1 aromatic carbocycles. The normalized spacial score (nSPS) is 10.8. The van der Waals surface area contributed by atoms with Gasteiger partial charge in [0.25, 0.3) is 0 Å². The van der Waals surface area contributed by atoms with Crippen LogP contribution in [-0.2, 0) is 11.3 Å². The summed E-state index contributed by atoms with van der Waals surface area (Å²) in [5.41, 5.74) is 1.23. The molecule has 0 spiro atoms. The molecule has 0 saturated heterocycles. The van der Waals surface area contributed by atoms with E-state index in [-0.39, 0.29) is 0 Å². The second-order valence-corrected chi connectivity index (χ2v) is 3.51. The predicted octanol–water partition coefficient (Wildman–Crippen LogP) is 3.19. The molecule has 0 saturated carbocycles. The van der Waals surface area contributed by atoms with Gasteiger partial charge < -0.3 is 4.74 Å². The topological polar surface area (TPSA) is 9.23 Å². The number of hydrogen-bond acceptors (Lipinski definition) is 1. The highest BCUT2D eigenvalue weighted by Gasteiger charge is 1.88. The van der Waals surface area contributed by atoms with Crippen LogP contribution in [0.2, 0.25) is 0 Å².